The maximum absolute atomic E-state index is 8.70. The van der Waals surface area contributed by atoms with Gasteiger partial charge in [0.25, 0.3) is 0 Å². The second-order valence-electron chi connectivity index (χ2n) is 1.67. The lowest BCUT2D eigenvalue weighted by Gasteiger charge is -2.17. The predicted octanol–water partition coefficient (Wildman–Crippen LogP) is -0.116. The smallest absolute Gasteiger partial charge is 0.155 e. The van der Waals surface area contributed by atoms with Crippen LogP contribution < -0.4 is 5.73 Å². The van der Waals surface area contributed by atoms with Gasteiger partial charge < -0.3 is 0 Å². The number of likely N-dealkylation sites (N-methyl/N-ethyl adjacent to an activating group) is 1. The van der Waals surface area contributed by atoms with Gasteiger partial charge in [0.2, 0.25) is 0 Å². The highest BCUT2D eigenvalue weighted by molar-refractivity contribution is 4.22. The van der Waals surface area contributed by atoms with Crippen molar-refractivity contribution >= 4 is 0 Å². The first-order valence-electron chi connectivity index (χ1n) is 2.59. The summed E-state index contributed by atoms with van der Waals surface area (Å²) in [5, 5.41) is 17.4. The molecule has 0 saturated heterocycles. The van der Waals surface area contributed by atoms with E-state index >= 15 is 0 Å². The van der Waals surface area contributed by atoms with Crippen LogP contribution >= 0.6 is 0 Å². The molecule has 49 valence electrons. The topological polar surface area (TPSA) is 64.3 Å². The molecule has 0 unspecified atom stereocenters. The molecule has 0 aromatic carbocycles. The van der Waals surface area contributed by atoms with Gasteiger partial charge >= 0.3 is 0 Å². The average Bonchev–Trinajstić information content (AvgIpc) is 1.67. The van der Waals surface area contributed by atoms with Crippen LogP contribution in [-0.4, -0.2) is 34.9 Å². The summed E-state index contributed by atoms with van der Waals surface area (Å²) in [6.07, 6.45) is 0. The number of hydrogen-bond donors (Lipinski definition) is 2. The van der Waals surface area contributed by atoms with E-state index in [1.807, 2.05) is 0 Å². The monoisotopic (exact) mass is 120 g/mol. The Bertz CT molecular complexity index is 65.1. The molecule has 0 bridgehead atoms. The molecule has 0 aromatic heterocycles. The van der Waals surface area contributed by atoms with Crippen molar-refractivity contribution in [2.75, 3.05) is 19.6 Å². The van der Waals surface area contributed by atoms with Crippen LogP contribution in [0.3, 0.4) is 0 Å². The highest BCUT2D eigenvalue weighted by atomic mass is 16.8. The third kappa shape index (κ3) is 2.92. The molecule has 4 heteroatoms. The van der Waals surface area contributed by atoms with Gasteiger partial charge in [0, 0.05) is 0 Å². The fourth-order valence-corrected chi connectivity index (χ4v) is 0.337. The number of nitrogens with zero attached hydrogens (tertiary/aromatic N) is 1. The van der Waals surface area contributed by atoms with Crippen LogP contribution in [0.1, 0.15) is 6.92 Å². The zero-order chi connectivity index (χ0) is 6.62. The number of hydrogen-bond acceptors (Lipinski definition) is 2. The molecule has 0 rings (SSSR count). The molecule has 0 aliphatic carbocycles. The van der Waals surface area contributed by atoms with Crippen molar-refractivity contribution in [2.24, 2.45) is 0 Å². The Morgan fingerprint density at radius 1 is 1.50 bits per heavy atom. The number of quaternary nitrogens is 1. The summed E-state index contributed by atoms with van der Waals surface area (Å²) >= 11 is 0. The minimum atomic E-state index is -1.02. The van der Waals surface area contributed by atoms with Crippen molar-refractivity contribution < 1.29 is 15.2 Å². The fourth-order valence-electron chi connectivity index (χ4n) is 0.337. The first-order chi connectivity index (χ1) is 3.62. The molecule has 0 aliphatic rings. The van der Waals surface area contributed by atoms with Gasteiger partial charge in [0.1, 0.15) is 6.54 Å². The van der Waals surface area contributed by atoms with E-state index in [4.69, 9.17) is 16.1 Å². The van der Waals surface area contributed by atoms with E-state index in [9.17, 15) is 0 Å². The summed E-state index contributed by atoms with van der Waals surface area (Å²) in [7, 11) is 0. The molecule has 1 radical (unpaired) electrons. The minimum Gasteiger partial charge on any atom is -0.252 e. The van der Waals surface area contributed by atoms with Crippen LogP contribution in [0.4, 0.5) is 0 Å². The number of nitrogens with one attached hydrogen (secondary N) is 1. The summed E-state index contributed by atoms with van der Waals surface area (Å²) in [6.45, 7) is 2.01. The second-order valence-corrected chi connectivity index (χ2v) is 1.67. The van der Waals surface area contributed by atoms with E-state index in [0.717, 1.165) is 0 Å². The summed E-state index contributed by atoms with van der Waals surface area (Å²) in [6, 6.07) is 0. The van der Waals surface area contributed by atoms with E-state index in [2.05, 4.69) is 0 Å². The van der Waals surface area contributed by atoms with Crippen LogP contribution in [0.5, 0.6) is 0 Å². The summed E-state index contributed by atoms with van der Waals surface area (Å²) < 4.78 is 0. The zero-order valence-corrected chi connectivity index (χ0v) is 4.96. The van der Waals surface area contributed by atoms with E-state index < -0.39 is 4.81 Å². The maximum atomic E-state index is 8.70. The molecule has 0 spiro atoms. The van der Waals surface area contributed by atoms with Crippen molar-refractivity contribution in [3.63, 3.8) is 0 Å². The third-order valence-electron chi connectivity index (χ3n) is 0.976. The molecule has 0 heterocycles. The molecule has 0 amide bonds. The first kappa shape index (κ1) is 7.84. The Balaban J connectivity index is 3.37. The average molecular weight is 120 g/mol. The van der Waals surface area contributed by atoms with Gasteiger partial charge in [0.05, 0.1) is 6.54 Å². The lowest BCUT2D eigenvalue weighted by Crippen LogP contribution is -2.43. The lowest BCUT2D eigenvalue weighted by molar-refractivity contribution is -1.24. The van der Waals surface area contributed by atoms with Crippen molar-refractivity contribution in [2.45, 2.75) is 6.92 Å². The Labute approximate surface area is 48.6 Å². The molecule has 3 N–H and O–H groups in total. The van der Waals surface area contributed by atoms with E-state index in [1.54, 1.807) is 6.92 Å². The van der Waals surface area contributed by atoms with Gasteiger partial charge in [-0.15, -0.1) is 0 Å². The van der Waals surface area contributed by atoms with Crippen molar-refractivity contribution in [1.29, 1.82) is 0 Å². The number of hydroxylamine groups is 4. The molecular weight excluding hydrogens is 108 g/mol. The zero-order valence-electron chi connectivity index (χ0n) is 4.96. The van der Waals surface area contributed by atoms with Gasteiger partial charge in [0.15, 0.2) is 6.54 Å². The molecule has 0 aliphatic heterocycles. The Hall–Kier alpha value is -0.160. The maximum Gasteiger partial charge on any atom is 0.155 e. The molecule has 0 aromatic rings. The standard InChI is InChI=1S/C4H12N2O2/c1-2-6(7,8)4-3-5/h5,7-8H,2-4H2,1H3/q+1. The first-order valence-corrected chi connectivity index (χ1v) is 2.59. The molecule has 4 nitrogen and oxygen atoms in total. The van der Waals surface area contributed by atoms with Gasteiger partial charge in [-0.05, 0) is 11.7 Å². The van der Waals surface area contributed by atoms with Gasteiger partial charge in [-0.2, -0.15) is 10.4 Å². The van der Waals surface area contributed by atoms with Gasteiger partial charge in [-0.1, -0.05) is 0 Å². The highest BCUT2D eigenvalue weighted by Gasteiger charge is 2.16. The largest absolute Gasteiger partial charge is 0.252 e. The highest BCUT2D eigenvalue weighted by Crippen LogP contribution is 1.90. The minimum absolute atomic E-state index is 0.0425. The Kier molecular flexibility index (Phi) is 2.93. The van der Waals surface area contributed by atoms with Crippen molar-refractivity contribution in [3.05, 3.63) is 0 Å². The summed E-state index contributed by atoms with van der Waals surface area (Å²) in [5.41, 5.74) is 6.63. The van der Waals surface area contributed by atoms with Crippen LogP contribution in [0, 0.1) is 0 Å². The SMILES string of the molecule is CC[N+](O)(O)CC[NH]. The summed E-state index contributed by atoms with van der Waals surface area (Å²) in [4.78, 5) is -1.02. The molecule has 0 fully saturated rings. The molecule has 0 atom stereocenters. The van der Waals surface area contributed by atoms with E-state index in [-0.39, 0.29) is 19.6 Å². The Morgan fingerprint density at radius 3 is 2.12 bits per heavy atom. The second kappa shape index (κ2) is 2.99. The summed E-state index contributed by atoms with van der Waals surface area (Å²) in [5.74, 6) is 0. The normalized spacial score (nSPS) is 12.0. The van der Waals surface area contributed by atoms with Crippen LogP contribution in [-0.2, 0) is 0 Å². The lowest BCUT2D eigenvalue weighted by atomic mass is 10.6. The molecule has 0 saturated carbocycles. The Morgan fingerprint density at radius 2 is 2.00 bits per heavy atom. The van der Waals surface area contributed by atoms with Crippen LogP contribution in [0.2, 0.25) is 0 Å². The van der Waals surface area contributed by atoms with Crippen LogP contribution in [0.25, 0.3) is 0 Å². The third-order valence-corrected chi connectivity index (χ3v) is 0.976. The quantitative estimate of drug-likeness (QED) is 0.403. The van der Waals surface area contributed by atoms with E-state index in [1.165, 1.54) is 0 Å². The molecule has 8 heavy (non-hydrogen) atoms. The predicted molar refractivity (Wildman–Crippen MR) is 27.2 cm³/mol. The van der Waals surface area contributed by atoms with Gasteiger partial charge in [-0.3, -0.25) is 5.73 Å². The van der Waals surface area contributed by atoms with Crippen LogP contribution in [0.15, 0.2) is 0 Å². The van der Waals surface area contributed by atoms with Crippen molar-refractivity contribution in [3.8, 4) is 0 Å². The molecular formula is C4H12N2O2+. The fraction of sp³-hybridized carbons (Fsp3) is 1.00. The number of rotatable bonds is 3. The van der Waals surface area contributed by atoms with E-state index in [0.29, 0.717) is 0 Å². The van der Waals surface area contributed by atoms with Crippen molar-refractivity contribution in [1.82, 2.24) is 5.73 Å². The van der Waals surface area contributed by atoms with Gasteiger partial charge in [-0.25, -0.2) is 0 Å².